The zero-order chi connectivity index (χ0) is 14.7. The van der Waals surface area contributed by atoms with Gasteiger partial charge >= 0.3 is 0 Å². The fourth-order valence-electron chi connectivity index (χ4n) is 1.85. The molecule has 0 saturated heterocycles. The highest BCUT2D eigenvalue weighted by molar-refractivity contribution is 6.06. The largest absolute Gasteiger partial charge is 0.309 e. The van der Waals surface area contributed by atoms with Gasteiger partial charge in [-0.25, -0.2) is 13.2 Å². The van der Waals surface area contributed by atoms with E-state index in [1.54, 1.807) is 6.92 Å². The molecule has 0 aromatic heterocycles. The Morgan fingerprint density at radius 3 is 2.20 bits per heavy atom. The van der Waals surface area contributed by atoms with Crippen molar-refractivity contribution in [3.63, 3.8) is 0 Å². The van der Waals surface area contributed by atoms with Gasteiger partial charge in [-0.1, -0.05) is 0 Å². The molecule has 2 aromatic rings. The number of rotatable bonds is 3. The average Bonchev–Trinajstić information content (AvgIpc) is 2.44. The third-order valence-electron chi connectivity index (χ3n) is 2.87. The molecular weight excluding hydrogens is 267 g/mol. The highest BCUT2D eigenvalue weighted by atomic mass is 19.2. The Bertz CT molecular complexity index is 626. The second kappa shape index (κ2) is 5.77. The lowest BCUT2D eigenvalue weighted by Crippen LogP contribution is -2.30. The lowest BCUT2D eigenvalue weighted by atomic mass is 10.1. The molecule has 0 bridgehead atoms. The van der Waals surface area contributed by atoms with Crippen LogP contribution >= 0.6 is 0 Å². The maximum atomic E-state index is 13.2. The summed E-state index contributed by atoms with van der Waals surface area (Å²) in [4.78, 5) is 13.6. The number of nitrogens with zero attached hydrogens (tertiary/aromatic N) is 1. The molecule has 0 saturated carbocycles. The molecule has 0 atom stereocenters. The van der Waals surface area contributed by atoms with Gasteiger partial charge in [0.25, 0.3) is 5.91 Å². The number of benzene rings is 2. The topological polar surface area (TPSA) is 20.3 Å². The Labute approximate surface area is 114 Å². The summed E-state index contributed by atoms with van der Waals surface area (Å²) in [6.07, 6.45) is 0. The Hall–Kier alpha value is -2.30. The fourth-order valence-corrected chi connectivity index (χ4v) is 1.85. The maximum Gasteiger partial charge on any atom is 0.258 e. The van der Waals surface area contributed by atoms with Gasteiger partial charge in [-0.3, -0.25) is 4.79 Å². The number of hydrogen-bond acceptors (Lipinski definition) is 1. The van der Waals surface area contributed by atoms with Crippen molar-refractivity contribution in [2.45, 2.75) is 6.92 Å². The number of anilines is 1. The van der Waals surface area contributed by atoms with E-state index in [0.29, 0.717) is 12.2 Å². The van der Waals surface area contributed by atoms with Crippen molar-refractivity contribution in [1.29, 1.82) is 0 Å². The van der Waals surface area contributed by atoms with Crippen LogP contribution in [0, 0.1) is 17.5 Å². The molecule has 2 aromatic carbocycles. The van der Waals surface area contributed by atoms with Crippen LogP contribution in [0.3, 0.4) is 0 Å². The lowest BCUT2D eigenvalue weighted by Gasteiger charge is -2.21. The van der Waals surface area contributed by atoms with Crippen molar-refractivity contribution in [1.82, 2.24) is 0 Å². The minimum absolute atomic E-state index is 0.0371. The second-order valence-corrected chi connectivity index (χ2v) is 4.15. The van der Waals surface area contributed by atoms with Crippen LogP contribution in [-0.2, 0) is 0 Å². The number of carbonyl (C=O) groups is 1. The van der Waals surface area contributed by atoms with Gasteiger partial charge in [0.15, 0.2) is 11.6 Å². The minimum Gasteiger partial charge on any atom is -0.309 e. The van der Waals surface area contributed by atoms with Crippen molar-refractivity contribution in [2.75, 3.05) is 11.4 Å². The molecular formula is C15H12F3NO. The Balaban J connectivity index is 2.33. The molecule has 0 aliphatic rings. The molecule has 0 N–H and O–H groups in total. The standard InChI is InChI=1S/C15H12F3NO/c1-2-19(12-6-4-11(16)5-7-12)15(20)10-3-8-13(17)14(18)9-10/h3-9H,2H2,1H3. The van der Waals surface area contributed by atoms with E-state index >= 15 is 0 Å². The van der Waals surface area contributed by atoms with E-state index < -0.39 is 23.4 Å². The van der Waals surface area contributed by atoms with Gasteiger partial charge < -0.3 is 4.90 Å². The van der Waals surface area contributed by atoms with Gasteiger partial charge in [-0.2, -0.15) is 0 Å². The highest BCUT2D eigenvalue weighted by Gasteiger charge is 2.17. The van der Waals surface area contributed by atoms with Gasteiger partial charge in [0.2, 0.25) is 0 Å². The quantitative estimate of drug-likeness (QED) is 0.837. The lowest BCUT2D eigenvalue weighted by molar-refractivity contribution is 0.0987. The Morgan fingerprint density at radius 2 is 1.65 bits per heavy atom. The van der Waals surface area contributed by atoms with Crippen molar-refractivity contribution < 1.29 is 18.0 Å². The van der Waals surface area contributed by atoms with E-state index in [0.717, 1.165) is 12.1 Å². The molecule has 1 amide bonds. The molecule has 0 spiro atoms. The van der Waals surface area contributed by atoms with Gasteiger partial charge in [0.05, 0.1) is 0 Å². The smallest absolute Gasteiger partial charge is 0.258 e. The van der Waals surface area contributed by atoms with E-state index in [4.69, 9.17) is 0 Å². The second-order valence-electron chi connectivity index (χ2n) is 4.15. The van der Waals surface area contributed by atoms with E-state index in [2.05, 4.69) is 0 Å². The molecule has 2 nitrogen and oxygen atoms in total. The highest BCUT2D eigenvalue weighted by Crippen LogP contribution is 2.18. The van der Waals surface area contributed by atoms with Crippen LogP contribution in [0.5, 0.6) is 0 Å². The molecule has 0 heterocycles. The molecule has 0 aliphatic heterocycles. The first-order valence-corrected chi connectivity index (χ1v) is 6.05. The summed E-state index contributed by atoms with van der Waals surface area (Å²) in [5, 5.41) is 0. The predicted molar refractivity (Wildman–Crippen MR) is 70.1 cm³/mol. The van der Waals surface area contributed by atoms with Crippen molar-refractivity contribution in [3.05, 3.63) is 65.5 Å². The summed E-state index contributed by atoms with van der Waals surface area (Å²) >= 11 is 0. The van der Waals surface area contributed by atoms with Crippen LogP contribution in [0.2, 0.25) is 0 Å². The zero-order valence-electron chi connectivity index (χ0n) is 10.7. The summed E-state index contributed by atoms with van der Waals surface area (Å²) in [6.45, 7) is 2.06. The van der Waals surface area contributed by atoms with E-state index in [1.165, 1.54) is 35.2 Å². The number of halogens is 3. The fraction of sp³-hybridized carbons (Fsp3) is 0.133. The third-order valence-corrected chi connectivity index (χ3v) is 2.87. The number of hydrogen-bond donors (Lipinski definition) is 0. The van der Waals surface area contributed by atoms with Crippen LogP contribution in [0.4, 0.5) is 18.9 Å². The van der Waals surface area contributed by atoms with Gasteiger partial charge in [0.1, 0.15) is 5.82 Å². The average molecular weight is 279 g/mol. The van der Waals surface area contributed by atoms with Crippen LogP contribution in [-0.4, -0.2) is 12.5 Å². The monoisotopic (exact) mass is 279 g/mol. The van der Waals surface area contributed by atoms with E-state index in [-0.39, 0.29) is 5.56 Å². The first-order chi connectivity index (χ1) is 9.52. The van der Waals surface area contributed by atoms with E-state index in [1.807, 2.05) is 0 Å². The summed E-state index contributed by atoms with van der Waals surface area (Å²) < 4.78 is 38.9. The van der Waals surface area contributed by atoms with Crippen LogP contribution in [0.15, 0.2) is 42.5 Å². The van der Waals surface area contributed by atoms with Gasteiger partial charge in [0, 0.05) is 17.8 Å². The van der Waals surface area contributed by atoms with Crippen LogP contribution in [0.25, 0.3) is 0 Å². The summed E-state index contributed by atoms with van der Waals surface area (Å²) in [5.41, 5.74) is 0.527. The molecule has 20 heavy (non-hydrogen) atoms. The zero-order valence-corrected chi connectivity index (χ0v) is 10.7. The molecule has 5 heteroatoms. The summed E-state index contributed by atoms with van der Waals surface area (Å²) in [6, 6.07) is 8.35. The van der Waals surface area contributed by atoms with Gasteiger partial charge in [-0.05, 0) is 49.4 Å². The molecule has 2 rings (SSSR count). The van der Waals surface area contributed by atoms with Gasteiger partial charge in [-0.15, -0.1) is 0 Å². The molecule has 104 valence electrons. The number of carbonyl (C=O) groups excluding carboxylic acids is 1. The Kier molecular flexibility index (Phi) is 4.08. The molecule has 0 fully saturated rings. The minimum atomic E-state index is -1.08. The first kappa shape index (κ1) is 14.1. The number of amides is 1. The molecule has 0 aliphatic carbocycles. The maximum absolute atomic E-state index is 13.2. The van der Waals surface area contributed by atoms with Crippen molar-refractivity contribution in [2.24, 2.45) is 0 Å². The van der Waals surface area contributed by atoms with E-state index in [9.17, 15) is 18.0 Å². The molecule has 0 radical (unpaired) electrons. The predicted octanol–water partition coefficient (Wildman–Crippen LogP) is 3.77. The first-order valence-electron chi connectivity index (χ1n) is 6.05. The van der Waals surface area contributed by atoms with Crippen molar-refractivity contribution >= 4 is 11.6 Å². The summed E-state index contributed by atoms with van der Waals surface area (Å²) in [7, 11) is 0. The Morgan fingerprint density at radius 1 is 1.00 bits per heavy atom. The summed E-state index contributed by atoms with van der Waals surface area (Å²) in [5.74, 6) is -2.97. The SMILES string of the molecule is CCN(C(=O)c1ccc(F)c(F)c1)c1ccc(F)cc1. The normalized spacial score (nSPS) is 10.4. The van der Waals surface area contributed by atoms with Crippen LogP contribution in [0.1, 0.15) is 17.3 Å². The van der Waals surface area contributed by atoms with Crippen molar-refractivity contribution in [3.8, 4) is 0 Å². The van der Waals surface area contributed by atoms with Crippen LogP contribution < -0.4 is 4.90 Å². The molecule has 0 unspecified atom stereocenters. The third kappa shape index (κ3) is 2.82.